The first kappa shape index (κ1) is 14.6. The van der Waals surface area contributed by atoms with Crippen LogP contribution >= 0.6 is 22.7 Å². The molecule has 22 heavy (non-hydrogen) atoms. The van der Waals surface area contributed by atoms with E-state index in [9.17, 15) is 4.79 Å². The Morgan fingerprint density at radius 3 is 2.82 bits per heavy atom. The maximum atomic E-state index is 11.5. The molecule has 0 unspecified atom stereocenters. The van der Waals surface area contributed by atoms with E-state index >= 15 is 0 Å². The minimum atomic E-state index is -0.118. The molecule has 0 aliphatic heterocycles. The number of rotatable bonds is 4. The first-order valence-corrected chi connectivity index (χ1v) is 8.13. The Kier molecular flexibility index (Phi) is 4.36. The molecule has 0 saturated heterocycles. The highest BCUT2D eigenvalue weighted by Crippen LogP contribution is 2.25. The van der Waals surface area contributed by atoms with E-state index in [0.717, 1.165) is 20.6 Å². The Labute approximate surface area is 135 Å². The van der Waals surface area contributed by atoms with E-state index in [1.54, 1.807) is 37.0 Å². The first-order valence-electron chi connectivity index (χ1n) is 6.49. The molecule has 3 aromatic heterocycles. The van der Waals surface area contributed by atoms with Crippen molar-refractivity contribution in [1.82, 2.24) is 20.3 Å². The average Bonchev–Trinajstić information content (AvgIpc) is 3.22. The van der Waals surface area contributed by atoms with E-state index in [4.69, 9.17) is 0 Å². The van der Waals surface area contributed by atoms with Gasteiger partial charge in [0.2, 0.25) is 0 Å². The summed E-state index contributed by atoms with van der Waals surface area (Å²) in [6, 6.07) is 5.75. The van der Waals surface area contributed by atoms with Gasteiger partial charge in [0.05, 0.1) is 11.9 Å². The highest BCUT2D eigenvalue weighted by atomic mass is 32.1. The number of hydrogen-bond acceptors (Lipinski definition) is 6. The zero-order valence-electron chi connectivity index (χ0n) is 11.7. The molecule has 0 radical (unpaired) electrons. The minimum absolute atomic E-state index is 0.118. The summed E-state index contributed by atoms with van der Waals surface area (Å²) in [4.78, 5) is 25.9. The zero-order chi connectivity index (χ0) is 15.4. The van der Waals surface area contributed by atoms with Crippen molar-refractivity contribution >= 4 is 40.7 Å². The van der Waals surface area contributed by atoms with Gasteiger partial charge in [-0.15, -0.1) is 22.7 Å². The molecular formula is C15H12N4OS2. The maximum absolute atomic E-state index is 11.5. The van der Waals surface area contributed by atoms with E-state index in [1.165, 1.54) is 11.3 Å². The van der Waals surface area contributed by atoms with Crippen LogP contribution in [0.2, 0.25) is 0 Å². The number of hydrogen-bond donors (Lipinski definition) is 1. The molecule has 1 amide bonds. The number of pyridine rings is 1. The fraction of sp³-hybridized carbons (Fsp3) is 0.0667. The standard InChI is InChI=1S/C15H12N4OS2/c1-16-14(20)12-9-18-13(22-12)6-5-10-8-19-15(21-10)11-4-2-3-7-17-11/h2-9H,1H3,(H,16,20). The quantitative estimate of drug-likeness (QED) is 0.798. The molecule has 0 bridgehead atoms. The van der Waals surface area contributed by atoms with Gasteiger partial charge in [-0.3, -0.25) is 9.78 Å². The van der Waals surface area contributed by atoms with Crippen molar-refractivity contribution in [1.29, 1.82) is 0 Å². The number of carbonyl (C=O) groups is 1. The molecule has 0 aromatic carbocycles. The number of thiazole rings is 2. The smallest absolute Gasteiger partial charge is 0.262 e. The SMILES string of the molecule is CNC(=O)c1cnc(C=Cc2cnc(-c3ccccn3)s2)s1. The van der Waals surface area contributed by atoms with Crippen LogP contribution in [0.5, 0.6) is 0 Å². The lowest BCUT2D eigenvalue weighted by Crippen LogP contribution is -2.16. The van der Waals surface area contributed by atoms with Gasteiger partial charge in [-0.2, -0.15) is 0 Å². The number of nitrogens with zero attached hydrogens (tertiary/aromatic N) is 3. The molecule has 1 N–H and O–H groups in total. The number of aromatic nitrogens is 3. The third-order valence-corrected chi connectivity index (χ3v) is 4.72. The van der Waals surface area contributed by atoms with E-state index in [0.29, 0.717) is 4.88 Å². The third kappa shape index (κ3) is 3.26. The zero-order valence-corrected chi connectivity index (χ0v) is 13.3. The van der Waals surface area contributed by atoms with Crippen molar-refractivity contribution in [2.75, 3.05) is 7.05 Å². The van der Waals surface area contributed by atoms with Crippen LogP contribution in [0.25, 0.3) is 22.9 Å². The van der Waals surface area contributed by atoms with Gasteiger partial charge in [0.25, 0.3) is 5.91 Å². The summed E-state index contributed by atoms with van der Waals surface area (Å²) in [5, 5.41) is 4.25. The van der Waals surface area contributed by atoms with Gasteiger partial charge in [-0.1, -0.05) is 6.07 Å². The molecule has 3 aromatic rings. The summed E-state index contributed by atoms with van der Waals surface area (Å²) in [5.74, 6) is -0.118. The van der Waals surface area contributed by atoms with Crippen LogP contribution in [0.4, 0.5) is 0 Å². The predicted molar refractivity (Wildman–Crippen MR) is 89.8 cm³/mol. The van der Waals surface area contributed by atoms with Crippen molar-refractivity contribution in [3.05, 3.63) is 51.6 Å². The first-order chi connectivity index (χ1) is 10.8. The highest BCUT2D eigenvalue weighted by Gasteiger charge is 2.07. The molecule has 0 spiro atoms. The molecule has 0 aliphatic rings. The summed E-state index contributed by atoms with van der Waals surface area (Å²) < 4.78 is 0. The monoisotopic (exact) mass is 328 g/mol. The van der Waals surface area contributed by atoms with E-state index in [1.807, 2.05) is 30.4 Å². The van der Waals surface area contributed by atoms with Crippen molar-refractivity contribution in [2.45, 2.75) is 0 Å². The average molecular weight is 328 g/mol. The summed E-state index contributed by atoms with van der Waals surface area (Å²) in [6.07, 6.45) is 8.96. The Balaban J connectivity index is 1.75. The normalized spacial score (nSPS) is 11.0. The summed E-state index contributed by atoms with van der Waals surface area (Å²) in [6.45, 7) is 0. The van der Waals surface area contributed by atoms with Crippen LogP contribution in [0, 0.1) is 0 Å². The second kappa shape index (κ2) is 6.59. The second-order valence-corrected chi connectivity index (χ2v) is 6.38. The molecule has 3 heterocycles. The van der Waals surface area contributed by atoms with Gasteiger partial charge >= 0.3 is 0 Å². The predicted octanol–water partition coefficient (Wildman–Crippen LogP) is 3.19. The summed E-state index contributed by atoms with van der Waals surface area (Å²) in [5.41, 5.74) is 0.864. The van der Waals surface area contributed by atoms with Crippen LogP contribution in [0.15, 0.2) is 36.8 Å². The van der Waals surface area contributed by atoms with Gasteiger partial charge in [-0.05, 0) is 24.3 Å². The number of nitrogens with one attached hydrogen (secondary N) is 1. The molecule has 7 heteroatoms. The lowest BCUT2D eigenvalue weighted by atomic mass is 10.4. The van der Waals surface area contributed by atoms with Crippen molar-refractivity contribution in [3.63, 3.8) is 0 Å². The van der Waals surface area contributed by atoms with Gasteiger partial charge in [-0.25, -0.2) is 9.97 Å². The molecule has 0 atom stereocenters. The van der Waals surface area contributed by atoms with Crippen molar-refractivity contribution < 1.29 is 4.79 Å². The second-order valence-electron chi connectivity index (χ2n) is 4.26. The van der Waals surface area contributed by atoms with Gasteiger partial charge in [0.15, 0.2) is 0 Å². The summed E-state index contributed by atoms with van der Waals surface area (Å²) in [7, 11) is 1.61. The van der Waals surface area contributed by atoms with Gasteiger partial charge in [0.1, 0.15) is 14.9 Å². The van der Waals surface area contributed by atoms with Gasteiger partial charge < -0.3 is 5.32 Å². The van der Waals surface area contributed by atoms with Crippen molar-refractivity contribution in [2.24, 2.45) is 0 Å². The molecule has 0 saturated carbocycles. The largest absolute Gasteiger partial charge is 0.354 e. The maximum Gasteiger partial charge on any atom is 0.262 e. The van der Waals surface area contributed by atoms with Crippen LogP contribution < -0.4 is 5.32 Å². The summed E-state index contributed by atoms with van der Waals surface area (Å²) >= 11 is 2.91. The fourth-order valence-electron chi connectivity index (χ4n) is 1.72. The van der Waals surface area contributed by atoms with Crippen LogP contribution in [-0.2, 0) is 0 Å². The van der Waals surface area contributed by atoms with Crippen LogP contribution in [0.1, 0.15) is 19.6 Å². The highest BCUT2D eigenvalue weighted by molar-refractivity contribution is 7.16. The molecule has 0 aliphatic carbocycles. The molecule has 5 nitrogen and oxygen atoms in total. The fourth-order valence-corrected chi connectivity index (χ4v) is 3.28. The number of carbonyl (C=O) groups excluding carboxylic acids is 1. The van der Waals surface area contributed by atoms with E-state index in [-0.39, 0.29) is 5.91 Å². The Morgan fingerprint density at radius 1 is 1.14 bits per heavy atom. The van der Waals surface area contributed by atoms with E-state index < -0.39 is 0 Å². The Morgan fingerprint density at radius 2 is 2.05 bits per heavy atom. The Bertz CT molecular complexity index is 808. The van der Waals surface area contributed by atoms with Gasteiger partial charge in [0, 0.05) is 24.3 Å². The van der Waals surface area contributed by atoms with E-state index in [2.05, 4.69) is 20.3 Å². The third-order valence-electron chi connectivity index (χ3n) is 2.77. The lowest BCUT2D eigenvalue weighted by molar-refractivity contribution is 0.0967. The topological polar surface area (TPSA) is 67.8 Å². The molecule has 3 rings (SSSR count). The number of amides is 1. The van der Waals surface area contributed by atoms with Crippen LogP contribution in [-0.4, -0.2) is 27.9 Å². The molecule has 0 fully saturated rings. The Hall–Kier alpha value is -2.38. The molecule has 110 valence electrons. The van der Waals surface area contributed by atoms with Crippen molar-refractivity contribution in [3.8, 4) is 10.7 Å². The van der Waals surface area contributed by atoms with Crippen LogP contribution in [0.3, 0.4) is 0 Å². The minimum Gasteiger partial charge on any atom is -0.354 e. The lowest BCUT2D eigenvalue weighted by Gasteiger charge is -1.91. The molecular weight excluding hydrogens is 316 g/mol.